The maximum atomic E-state index is 10.5. The molecule has 0 aromatic carbocycles. The van der Waals surface area contributed by atoms with E-state index in [2.05, 4.69) is 36.1 Å². The van der Waals surface area contributed by atoms with Gasteiger partial charge in [0.05, 0.1) is 12.4 Å². The SMILES string of the molecule is CC(C)(C)c1cnc(Cn2cc(C=O)nn2)o1. The summed E-state index contributed by atoms with van der Waals surface area (Å²) in [5, 5.41) is 7.45. The van der Waals surface area contributed by atoms with E-state index >= 15 is 0 Å². The number of carbonyl (C=O) groups is 1. The normalized spacial score (nSPS) is 11.7. The maximum absolute atomic E-state index is 10.5. The van der Waals surface area contributed by atoms with Crippen molar-refractivity contribution in [3.63, 3.8) is 0 Å². The monoisotopic (exact) mass is 234 g/mol. The molecule has 0 atom stereocenters. The molecule has 0 fully saturated rings. The number of oxazole rings is 1. The van der Waals surface area contributed by atoms with E-state index in [0.717, 1.165) is 5.76 Å². The summed E-state index contributed by atoms with van der Waals surface area (Å²) in [5.41, 5.74) is 0.231. The number of aldehydes is 1. The van der Waals surface area contributed by atoms with E-state index in [0.29, 0.717) is 24.4 Å². The van der Waals surface area contributed by atoms with Crippen LogP contribution in [-0.4, -0.2) is 26.3 Å². The summed E-state index contributed by atoms with van der Waals surface area (Å²) in [4.78, 5) is 14.6. The predicted octanol–water partition coefficient (Wildman–Crippen LogP) is 1.42. The van der Waals surface area contributed by atoms with Gasteiger partial charge >= 0.3 is 0 Å². The Hall–Kier alpha value is -1.98. The highest BCUT2D eigenvalue weighted by molar-refractivity contribution is 5.70. The molecular formula is C11H14N4O2. The van der Waals surface area contributed by atoms with Gasteiger partial charge in [-0.3, -0.25) is 4.79 Å². The van der Waals surface area contributed by atoms with Crippen molar-refractivity contribution in [3.05, 3.63) is 29.7 Å². The zero-order valence-electron chi connectivity index (χ0n) is 10.0. The fourth-order valence-corrected chi connectivity index (χ4v) is 1.31. The molecule has 0 aliphatic rings. The van der Waals surface area contributed by atoms with Gasteiger partial charge in [-0.25, -0.2) is 9.67 Å². The number of rotatable bonds is 3. The van der Waals surface area contributed by atoms with Crippen LogP contribution in [0, 0.1) is 0 Å². The average molecular weight is 234 g/mol. The highest BCUT2D eigenvalue weighted by atomic mass is 16.4. The largest absolute Gasteiger partial charge is 0.443 e. The third-order valence-corrected chi connectivity index (χ3v) is 2.27. The first kappa shape index (κ1) is 11.5. The van der Waals surface area contributed by atoms with E-state index in [1.165, 1.54) is 4.68 Å². The van der Waals surface area contributed by atoms with Gasteiger partial charge in [0.15, 0.2) is 6.29 Å². The van der Waals surface area contributed by atoms with Crippen LogP contribution >= 0.6 is 0 Å². The van der Waals surface area contributed by atoms with Crippen LogP contribution in [-0.2, 0) is 12.0 Å². The molecule has 2 aromatic heterocycles. The van der Waals surface area contributed by atoms with Crippen LogP contribution in [0.25, 0.3) is 0 Å². The Morgan fingerprint density at radius 2 is 2.24 bits per heavy atom. The van der Waals surface area contributed by atoms with E-state index in [9.17, 15) is 4.79 Å². The van der Waals surface area contributed by atoms with Crippen LogP contribution in [0.5, 0.6) is 0 Å². The van der Waals surface area contributed by atoms with Gasteiger partial charge in [0.2, 0.25) is 5.89 Å². The lowest BCUT2D eigenvalue weighted by Crippen LogP contribution is -2.09. The molecule has 90 valence electrons. The van der Waals surface area contributed by atoms with Gasteiger partial charge in [0, 0.05) is 5.41 Å². The molecule has 6 heteroatoms. The van der Waals surface area contributed by atoms with Gasteiger partial charge in [-0.15, -0.1) is 5.10 Å². The Labute approximate surface area is 98.6 Å². The smallest absolute Gasteiger partial charge is 0.216 e. The first-order valence-corrected chi connectivity index (χ1v) is 5.29. The minimum atomic E-state index is -0.0679. The fraction of sp³-hybridized carbons (Fsp3) is 0.455. The van der Waals surface area contributed by atoms with E-state index in [4.69, 9.17) is 4.42 Å². The second-order valence-corrected chi connectivity index (χ2v) is 4.83. The van der Waals surface area contributed by atoms with E-state index in [-0.39, 0.29) is 5.41 Å². The Morgan fingerprint density at radius 1 is 1.47 bits per heavy atom. The molecule has 17 heavy (non-hydrogen) atoms. The molecule has 0 N–H and O–H groups in total. The summed E-state index contributed by atoms with van der Waals surface area (Å²) < 4.78 is 7.12. The van der Waals surface area contributed by atoms with Crippen molar-refractivity contribution in [2.75, 3.05) is 0 Å². The van der Waals surface area contributed by atoms with Crippen LogP contribution in [0.1, 0.15) is 42.9 Å². The van der Waals surface area contributed by atoms with Crippen molar-refractivity contribution in [1.82, 2.24) is 20.0 Å². The van der Waals surface area contributed by atoms with Gasteiger partial charge in [-0.05, 0) is 0 Å². The lowest BCUT2D eigenvalue weighted by molar-refractivity contribution is 0.111. The predicted molar refractivity (Wildman–Crippen MR) is 59.7 cm³/mol. The minimum Gasteiger partial charge on any atom is -0.443 e. The molecule has 0 amide bonds. The number of hydrogen-bond acceptors (Lipinski definition) is 5. The third kappa shape index (κ3) is 2.58. The number of aromatic nitrogens is 4. The van der Waals surface area contributed by atoms with E-state index < -0.39 is 0 Å². The van der Waals surface area contributed by atoms with Gasteiger partial charge in [-0.2, -0.15) is 0 Å². The molecule has 2 aromatic rings. The lowest BCUT2D eigenvalue weighted by atomic mass is 9.94. The number of carbonyl (C=O) groups excluding carboxylic acids is 1. The Kier molecular flexibility index (Phi) is 2.79. The molecule has 0 unspecified atom stereocenters. The Balaban J connectivity index is 2.14. The van der Waals surface area contributed by atoms with Gasteiger partial charge in [0.1, 0.15) is 18.0 Å². The molecule has 2 rings (SSSR count). The molecule has 6 nitrogen and oxygen atoms in total. The maximum Gasteiger partial charge on any atom is 0.216 e. The number of hydrogen-bond donors (Lipinski definition) is 0. The summed E-state index contributed by atoms with van der Waals surface area (Å²) in [6.45, 7) is 6.53. The zero-order valence-corrected chi connectivity index (χ0v) is 10.0. The summed E-state index contributed by atoms with van der Waals surface area (Å²) in [6, 6.07) is 0. The van der Waals surface area contributed by atoms with Gasteiger partial charge < -0.3 is 4.42 Å². The molecule has 0 aliphatic carbocycles. The first-order valence-electron chi connectivity index (χ1n) is 5.29. The van der Waals surface area contributed by atoms with Gasteiger partial charge in [-0.1, -0.05) is 26.0 Å². The molecular weight excluding hydrogens is 220 g/mol. The second kappa shape index (κ2) is 4.12. The van der Waals surface area contributed by atoms with E-state index in [1.807, 2.05) is 0 Å². The summed E-state index contributed by atoms with van der Waals surface area (Å²) in [6.07, 6.45) is 3.92. The van der Waals surface area contributed by atoms with Crippen molar-refractivity contribution >= 4 is 6.29 Å². The van der Waals surface area contributed by atoms with Crippen LogP contribution < -0.4 is 0 Å². The van der Waals surface area contributed by atoms with Crippen molar-refractivity contribution in [2.45, 2.75) is 32.7 Å². The molecule has 0 saturated carbocycles. The minimum absolute atomic E-state index is 0.0679. The third-order valence-electron chi connectivity index (χ3n) is 2.27. The van der Waals surface area contributed by atoms with Crippen molar-refractivity contribution < 1.29 is 9.21 Å². The molecule has 0 radical (unpaired) electrons. The zero-order chi connectivity index (χ0) is 12.5. The highest BCUT2D eigenvalue weighted by Gasteiger charge is 2.19. The van der Waals surface area contributed by atoms with Crippen LogP contribution in [0.3, 0.4) is 0 Å². The molecule has 0 bridgehead atoms. The van der Waals surface area contributed by atoms with Crippen LogP contribution in [0.2, 0.25) is 0 Å². The second-order valence-electron chi connectivity index (χ2n) is 4.83. The summed E-state index contributed by atoms with van der Waals surface area (Å²) in [7, 11) is 0. The molecule has 0 aliphatic heterocycles. The summed E-state index contributed by atoms with van der Waals surface area (Å²) in [5.74, 6) is 1.38. The standard InChI is InChI=1S/C11H14N4O2/c1-11(2,3)9-4-12-10(17-9)6-15-5-8(7-16)13-14-15/h4-5,7H,6H2,1-3H3. The van der Waals surface area contributed by atoms with Crippen molar-refractivity contribution in [2.24, 2.45) is 0 Å². The first-order chi connectivity index (χ1) is 7.99. The topological polar surface area (TPSA) is 73.8 Å². The van der Waals surface area contributed by atoms with Crippen molar-refractivity contribution in [3.8, 4) is 0 Å². The fourth-order valence-electron chi connectivity index (χ4n) is 1.31. The van der Waals surface area contributed by atoms with Crippen LogP contribution in [0.15, 0.2) is 16.8 Å². The quantitative estimate of drug-likeness (QED) is 0.751. The molecule has 0 saturated heterocycles. The van der Waals surface area contributed by atoms with Gasteiger partial charge in [0.25, 0.3) is 0 Å². The van der Waals surface area contributed by atoms with Crippen LogP contribution in [0.4, 0.5) is 0 Å². The van der Waals surface area contributed by atoms with E-state index in [1.54, 1.807) is 12.4 Å². The number of nitrogens with zero attached hydrogens (tertiary/aromatic N) is 4. The molecule has 2 heterocycles. The Morgan fingerprint density at radius 3 is 2.76 bits per heavy atom. The Bertz CT molecular complexity index is 522. The average Bonchev–Trinajstić information content (AvgIpc) is 2.86. The summed E-state index contributed by atoms with van der Waals surface area (Å²) >= 11 is 0. The molecule has 0 spiro atoms. The lowest BCUT2D eigenvalue weighted by Gasteiger charge is -2.12. The highest BCUT2D eigenvalue weighted by Crippen LogP contribution is 2.22. The van der Waals surface area contributed by atoms with Crippen molar-refractivity contribution in [1.29, 1.82) is 0 Å².